The molecule has 0 spiro atoms. The van der Waals surface area contributed by atoms with E-state index in [0.29, 0.717) is 17.2 Å². The molecule has 5 heteroatoms. The van der Waals surface area contributed by atoms with Crippen molar-refractivity contribution < 1.29 is 4.79 Å². The molecule has 0 fully saturated rings. The van der Waals surface area contributed by atoms with Crippen LogP contribution in [0.15, 0.2) is 18.2 Å². The van der Waals surface area contributed by atoms with Crippen molar-refractivity contribution in [2.24, 2.45) is 0 Å². The van der Waals surface area contributed by atoms with Crippen LogP contribution in [-0.2, 0) is 0 Å². The molecule has 0 atom stereocenters. The van der Waals surface area contributed by atoms with Crippen molar-refractivity contribution in [3.8, 4) is 0 Å². The zero-order valence-electron chi connectivity index (χ0n) is 10.3. The Labute approximate surface area is 107 Å². The molecule has 0 heterocycles. The highest BCUT2D eigenvalue weighted by atomic mass is 32.1. The first-order valence-corrected chi connectivity index (χ1v) is 5.87. The fourth-order valence-electron chi connectivity index (χ4n) is 1.37. The van der Waals surface area contributed by atoms with Gasteiger partial charge in [0.2, 0.25) is 0 Å². The summed E-state index contributed by atoms with van der Waals surface area (Å²) < 4.78 is 0. The molecular weight excluding hydrogens is 234 g/mol. The first kappa shape index (κ1) is 13.4. The maximum absolute atomic E-state index is 11.9. The van der Waals surface area contributed by atoms with Crippen LogP contribution in [0.4, 0.5) is 0 Å². The van der Waals surface area contributed by atoms with Crippen LogP contribution in [0.5, 0.6) is 0 Å². The second-order valence-corrected chi connectivity index (χ2v) is 4.17. The van der Waals surface area contributed by atoms with Crippen LogP contribution >= 0.6 is 12.2 Å². The number of hydrazine groups is 1. The quantitative estimate of drug-likeness (QED) is 0.550. The van der Waals surface area contributed by atoms with Gasteiger partial charge in [-0.3, -0.25) is 15.6 Å². The smallest absolute Gasteiger partial charge is 0.269 e. The van der Waals surface area contributed by atoms with E-state index in [2.05, 4.69) is 16.2 Å². The van der Waals surface area contributed by atoms with Gasteiger partial charge in [0.15, 0.2) is 5.11 Å². The Bertz CT molecular complexity index is 432. The van der Waals surface area contributed by atoms with Crippen LogP contribution in [0.25, 0.3) is 0 Å². The first-order valence-electron chi connectivity index (χ1n) is 5.46. The minimum Gasteiger partial charge on any atom is -0.362 e. The van der Waals surface area contributed by atoms with E-state index in [-0.39, 0.29) is 5.91 Å². The first-order chi connectivity index (χ1) is 8.04. The fourth-order valence-corrected chi connectivity index (χ4v) is 1.56. The average Bonchev–Trinajstić information content (AvgIpc) is 2.29. The molecule has 1 aromatic rings. The molecule has 17 heavy (non-hydrogen) atoms. The molecule has 0 saturated carbocycles. The van der Waals surface area contributed by atoms with Crippen molar-refractivity contribution in [1.29, 1.82) is 0 Å². The van der Waals surface area contributed by atoms with Gasteiger partial charge in [0.25, 0.3) is 5.91 Å². The number of nitrogens with one attached hydrogen (secondary N) is 3. The Morgan fingerprint density at radius 3 is 2.65 bits per heavy atom. The maximum Gasteiger partial charge on any atom is 0.269 e. The predicted molar refractivity (Wildman–Crippen MR) is 72.8 cm³/mol. The normalized spacial score (nSPS) is 9.59. The van der Waals surface area contributed by atoms with E-state index in [0.717, 1.165) is 11.1 Å². The Hall–Kier alpha value is -1.62. The predicted octanol–water partition coefficient (Wildman–Crippen LogP) is 1.43. The lowest BCUT2D eigenvalue weighted by Crippen LogP contribution is -2.46. The summed E-state index contributed by atoms with van der Waals surface area (Å²) in [6, 6.07) is 5.75. The van der Waals surface area contributed by atoms with Crippen LogP contribution < -0.4 is 16.2 Å². The summed E-state index contributed by atoms with van der Waals surface area (Å²) in [4.78, 5) is 11.9. The number of thiocarbonyl (C=S) groups is 1. The van der Waals surface area contributed by atoms with Gasteiger partial charge in [-0.15, -0.1) is 0 Å². The molecule has 4 nitrogen and oxygen atoms in total. The van der Waals surface area contributed by atoms with E-state index in [4.69, 9.17) is 12.2 Å². The third kappa shape index (κ3) is 4.03. The lowest BCUT2D eigenvalue weighted by Gasteiger charge is -2.11. The number of carbonyl (C=O) groups excluding carboxylic acids is 1. The minimum absolute atomic E-state index is 0.188. The van der Waals surface area contributed by atoms with Crippen LogP contribution in [0.2, 0.25) is 0 Å². The fraction of sp³-hybridized carbons (Fsp3) is 0.333. The molecule has 0 aliphatic rings. The van der Waals surface area contributed by atoms with Crippen molar-refractivity contribution in [2.45, 2.75) is 20.8 Å². The Morgan fingerprint density at radius 2 is 2.00 bits per heavy atom. The van der Waals surface area contributed by atoms with Gasteiger partial charge >= 0.3 is 0 Å². The van der Waals surface area contributed by atoms with E-state index in [1.54, 1.807) is 0 Å². The molecule has 0 saturated heterocycles. The van der Waals surface area contributed by atoms with Crippen LogP contribution in [-0.4, -0.2) is 17.6 Å². The zero-order chi connectivity index (χ0) is 12.8. The SMILES string of the molecule is CCNC(=S)NNC(=O)c1cc(C)ccc1C. The van der Waals surface area contributed by atoms with Crippen LogP contribution in [0.3, 0.4) is 0 Å². The monoisotopic (exact) mass is 251 g/mol. The minimum atomic E-state index is -0.188. The van der Waals surface area contributed by atoms with Gasteiger partial charge in [0.05, 0.1) is 0 Å². The highest BCUT2D eigenvalue weighted by molar-refractivity contribution is 7.80. The van der Waals surface area contributed by atoms with E-state index in [1.807, 2.05) is 39.0 Å². The number of rotatable bonds is 2. The molecule has 1 amide bonds. The molecule has 0 aliphatic heterocycles. The van der Waals surface area contributed by atoms with Gasteiger partial charge in [0.1, 0.15) is 0 Å². The van der Waals surface area contributed by atoms with Crippen molar-refractivity contribution in [3.63, 3.8) is 0 Å². The highest BCUT2D eigenvalue weighted by Crippen LogP contribution is 2.09. The Morgan fingerprint density at radius 1 is 1.29 bits per heavy atom. The summed E-state index contributed by atoms with van der Waals surface area (Å²) in [5, 5.41) is 3.29. The molecule has 0 aromatic heterocycles. The second kappa shape index (κ2) is 6.20. The third-order valence-electron chi connectivity index (χ3n) is 2.26. The topological polar surface area (TPSA) is 53.2 Å². The molecule has 1 rings (SSSR count). The van der Waals surface area contributed by atoms with E-state index >= 15 is 0 Å². The Balaban J connectivity index is 2.64. The summed E-state index contributed by atoms with van der Waals surface area (Å²) >= 11 is 4.94. The highest BCUT2D eigenvalue weighted by Gasteiger charge is 2.08. The van der Waals surface area contributed by atoms with Crippen molar-refractivity contribution >= 4 is 23.2 Å². The van der Waals surface area contributed by atoms with Crippen molar-refractivity contribution in [3.05, 3.63) is 34.9 Å². The molecule has 92 valence electrons. The molecule has 0 bridgehead atoms. The van der Waals surface area contributed by atoms with Gasteiger partial charge in [-0.1, -0.05) is 17.7 Å². The van der Waals surface area contributed by atoms with Gasteiger partial charge in [-0.25, -0.2) is 0 Å². The number of aryl methyl sites for hydroxylation is 2. The van der Waals surface area contributed by atoms with E-state index in [9.17, 15) is 4.79 Å². The molecule has 0 aliphatic carbocycles. The molecule has 0 unspecified atom stereocenters. The number of amides is 1. The number of hydrogen-bond donors (Lipinski definition) is 3. The van der Waals surface area contributed by atoms with Gasteiger partial charge in [-0.05, 0) is 44.6 Å². The van der Waals surface area contributed by atoms with Crippen molar-refractivity contribution in [2.75, 3.05) is 6.54 Å². The summed E-state index contributed by atoms with van der Waals surface area (Å²) in [6.07, 6.45) is 0. The Kier molecular flexibility index (Phi) is 4.90. The van der Waals surface area contributed by atoms with E-state index < -0.39 is 0 Å². The third-order valence-corrected chi connectivity index (χ3v) is 2.51. The summed E-state index contributed by atoms with van der Waals surface area (Å²) in [6.45, 7) is 6.50. The van der Waals surface area contributed by atoms with Crippen molar-refractivity contribution in [1.82, 2.24) is 16.2 Å². The number of benzene rings is 1. The van der Waals surface area contributed by atoms with Gasteiger partial charge in [-0.2, -0.15) is 0 Å². The summed E-state index contributed by atoms with van der Waals surface area (Å²) in [5.74, 6) is -0.188. The number of hydrogen-bond acceptors (Lipinski definition) is 2. The van der Waals surface area contributed by atoms with Gasteiger partial charge < -0.3 is 5.32 Å². The average molecular weight is 251 g/mol. The standard InChI is InChI=1S/C12H17N3OS/c1-4-13-12(17)15-14-11(16)10-7-8(2)5-6-9(10)3/h5-7H,4H2,1-3H3,(H,14,16)(H2,13,15,17). The number of carbonyl (C=O) groups is 1. The lowest BCUT2D eigenvalue weighted by atomic mass is 10.1. The van der Waals surface area contributed by atoms with E-state index in [1.165, 1.54) is 0 Å². The lowest BCUT2D eigenvalue weighted by molar-refractivity contribution is 0.0943. The molecule has 3 N–H and O–H groups in total. The largest absolute Gasteiger partial charge is 0.362 e. The van der Waals surface area contributed by atoms with Crippen LogP contribution in [0, 0.1) is 13.8 Å². The zero-order valence-corrected chi connectivity index (χ0v) is 11.1. The second-order valence-electron chi connectivity index (χ2n) is 3.76. The summed E-state index contributed by atoms with van der Waals surface area (Å²) in [7, 11) is 0. The van der Waals surface area contributed by atoms with Crippen LogP contribution in [0.1, 0.15) is 28.4 Å². The molecule has 0 radical (unpaired) electrons. The van der Waals surface area contributed by atoms with Gasteiger partial charge in [0, 0.05) is 12.1 Å². The maximum atomic E-state index is 11.9. The molecular formula is C12H17N3OS. The summed E-state index contributed by atoms with van der Waals surface area (Å²) in [5.41, 5.74) is 7.84. The molecule has 1 aromatic carbocycles.